The van der Waals surface area contributed by atoms with Gasteiger partial charge in [-0.25, -0.2) is 0 Å². The van der Waals surface area contributed by atoms with Crippen molar-refractivity contribution < 1.29 is 4.79 Å². The minimum absolute atomic E-state index is 0. The van der Waals surface area contributed by atoms with Gasteiger partial charge in [0.05, 0.1) is 6.04 Å². The molecule has 2 N–H and O–H groups in total. The lowest BCUT2D eigenvalue weighted by atomic mass is 10.0. The Kier molecular flexibility index (Phi) is 12.5. The van der Waals surface area contributed by atoms with Crippen LogP contribution in [0.15, 0.2) is 24.3 Å². The molecule has 1 rings (SSSR count). The minimum Gasteiger partial charge on any atom is -0.354 e. The zero-order valence-corrected chi connectivity index (χ0v) is 15.7. The van der Waals surface area contributed by atoms with Crippen molar-refractivity contribution in [3.05, 3.63) is 35.4 Å². The van der Waals surface area contributed by atoms with Crippen LogP contribution < -0.4 is 10.6 Å². The molecule has 2 atom stereocenters. The normalized spacial score (nSPS) is 12.8. The summed E-state index contributed by atoms with van der Waals surface area (Å²) in [6.07, 6.45) is 0. The summed E-state index contributed by atoms with van der Waals surface area (Å²) in [6, 6.07) is 8.67. The van der Waals surface area contributed by atoms with Crippen molar-refractivity contribution in [3.63, 3.8) is 0 Å². The van der Waals surface area contributed by atoms with Crippen LogP contribution in [0.25, 0.3) is 0 Å². The third-order valence-corrected chi connectivity index (χ3v) is 3.51. The van der Waals surface area contributed by atoms with Crippen LogP contribution in [0.5, 0.6) is 0 Å². The number of aryl methyl sites for hydroxylation is 1. The van der Waals surface area contributed by atoms with E-state index in [1.165, 1.54) is 11.1 Å². The molecule has 22 heavy (non-hydrogen) atoms. The van der Waals surface area contributed by atoms with E-state index in [2.05, 4.69) is 46.7 Å². The quantitative estimate of drug-likeness (QED) is 0.794. The summed E-state index contributed by atoms with van der Waals surface area (Å²) in [5.41, 5.74) is 2.47. The fourth-order valence-electron chi connectivity index (χ4n) is 2.16. The largest absolute Gasteiger partial charge is 0.354 e. The first-order chi connectivity index (χ1) is 9.45. The van der Waals surface area contributed by atoms with E-state index in [4.69, 9.17) is 0 Å². The molecule has 0 fully saturated rings. The summed E-state index contributed by atoms with van der Waals surface area (Å²) >= 11 is 0. The van der Waals surface area contributed by atoms with Crippen LogP contribution in [0.1, 0.15) is 24.1 Å². The first-order valence-corrected chi connectivity index (χ1v) is 7.11. The Balaban J connectivity index is 0. The van der Waals surface area contributed by atoms with Crippen molar-refractivity contribution in [2.45, 2.75) is 19.9 Å². The molecule has 0 heterocycles. The Morgan fingerprint density at radius 2 is 1.68 bits per heavy atom. The Morgan fingerprint density at radius 1 is 1.14 bits per heavy atom. The zero-order valence-electron chi connectivity index (χ0n) is 14.1. The van der Waals surface area contributed by atoms with E-state index in [0.717, 1.165) is 0 Å². The molecule has 0 radical (unpaired) electrons. The second kappa shape index (κ2) is 11.7. The van der Waals surface area contributed by atoms with E-state index in [9.17, 15) is 4.79 Å². The fraction of sp³-hybridized carbons (Fsp3) is 0.562. The first kappa shape index (κ1) is 23.5. The highest BCUT2D eigenvalue weighted by Crippen LogP contribution is 2.18. The van der Waals surface area contributed by atoms with Gasteiger partial charge in [-0.3, -0.25) is 4.79 Å². The lowest BCUT2D eigenvalue weighted by Gasteiger charge is -2.26. The number of amides is 1. The molecule has 1 amide bonds. The maximum absolute atomic E-state index is 12.0. The van der Waals surface area contributed by atoms with Gasteiger partial charge in [-0.1, -0.05) is 36.8 Å². The molecule has 0 bridgehead atoms. The van der Waals surface area contributed by atoms with Gasteiger partial charge in [0.15, 0.2) is 0 Å². The average Bonchev–Trinajstić information content (AvgIpc) is 2.40. The van der Waals surface area contributed by atoms with E-state index in [-0.39, 0.29) is 42.7 Å². The Morgan fingerprint density at radius 3 is 2.14 bits per heavy atom. The van der Waals surface area contributed by atoms with Crippen LogP contribution in [0.3, 0.4) is 0 Å². The number of likely N-dealkylation sites (N-methyl/N-ethyl adjacent to an activating group) is 1. The molecule has 0 saturated heterocycles. The number of carbonyl (C=O) groups excluding carboxylic acids is 1. The van der Waals surface area contributed by atoms with Crippen molar-refractivity contribution in [1.82, 2.24) is 15.5 Å². The number of halogens is 2. The van der Waals surface area contributed by atoms with Gasteiger partial charge in [-0.05, 0) is 33.6 Å². The average molecular weight is 350 g/mol. The highest BCUT2D eigenvalue weighted by molar-refractivity contribution is 5.85. The molecule has 0 aliphatic rings. The molecule has 0 saturated carbocycles. The molecule has 4 nitrogen and oxygen atoms in total. The Labute approximate surface area is 146 Å². The van der Waals surface area contributed by atoms with E-state index in [0.29, 0.717) is 13.1 Å². The summed E-state index contributed by atoms with van der Waals surface area (Å²) in [6.45, 7) is 5.34. The topological polar surface area (TPSA) is 44.4 Å². The standard InChI is InChI=1S/C16H27N3O.2ClH/c1-12-6-8-14(9-7-12)15(19(4)5)11-18-16(20)13(2)10-17-3;;/h6-9,13,15,17H,10-11H2,1-5H3,(H,18,20);2*1H. The van der Waals surface area contributed by atoms with Crippen molar-refractivity contribution in [1.29, 1.82) is 0 Å². The van der Waals surface area contributed by atoms with E-state index in [1.54, 1.807) is 0 Å². The Bertz CT molecular complexity index is 424. The number of nitrogens with one attached hydrogen (secondary N) is 2. The van der Waals surface area contributed by atoms with Crippen LogP contribution in [0, 0.1) is 12.8 Å². The molecule has 6 heteroatoms. The van der Waals surface area contributed by atoms with Gasteiger partial charge in [0.2, 0.25) is 5.91 Å². The molecule has 0 aromatic heterocycles. The van der Waals surface area contributed by atoms with Gasteiger partial charge in [0.25, 0.3) is 0 Å². The van der Waals surface area contributed by atoms with Crippen molar-refractivity contribution in [3.8, 4) is 0 Å². The summed E-state index contributed by atoms with van der Waals surface area (Å²) in [5, 5.41) is 6.07. The maximum Gasteiger partial charge on any atom is 0.224 e. The van der Waals surface area contributed by atoms with Gasteiger partial charge in [0, 0.05) is 19.0 Å². The molecular weight excluding hydrogens is 321 g/mol. The SMILES string of the molecule is CNCC(C)C(=O)NCC(c1ccc(C)cc1)N(C)C.Cl.Cl. The van der Waals surface area contributed by atoms with Gasteiger partial charge in [-0.2, -0.15) is 0 Å². The van der Waals surface area contributed by atoms with E-state index >= 15 is 0 Å². The molecule has 0 aliphatic heterocycles. The lowest BCUT2D eigenvalue weighted by molar-refractivity contribution is -0.124. The van der Waals surface area contributed by atoms with Crippen molar-refractivity contribution >= 4 is 30.7 Å². The number of hydrogen-bond acceptors (Lipinski definition) is 3. The van der Waals surface area contributed by atoms with Crippen LogP contribution in [0.2, 0.25) is 0 Å². The smallest absolute Gasteiger partial charge is 0.224 e. The van der Waals surface area contributed by atoms with Crippen LogP contribution in [0.4, 0.5) is 0 Å². The molecule has 0 aliphatic carbocycles. The predicted octanol–water partition coefficient (Wildman–Crippen LogP) is 2.41. The van der Waals surface area contributed by atoms with Gasteiger partial charge in [-0.15, -0.1) is 24.8 Å². The fourth-order valence-corrected chi connectivity index (χ4v) is 2.16. The molecule has 1 aromatic carbocycles. The van der Waals surface area contributed by atoms with Crippen LogP contribution in [-0.2, 0) is 4.79 Å². The maximum atomic E-state index is 12.0. The third kappa shape index (κ3) is 7.45. The number of rotatable bonds is 7. The van der Waals surface area contributed by atoms with Gasteiger partial charge >= 0.3 is 0 Å². The van der Waals surface area contributed by atoms with E-state index < -0.39 is 0 Å². The van der Waals surface area contributed by atoms with Crippen LogP contribution in [-0.4, -0.2) is 45.0 Å². The van der Waals surface area contributed by atoms with Crippen molar-refractivity contribution in [2.24, 2.45) is 5.92 Å². The molecule has 1 aromatic rings. The second-order valence-electron chi connectivity index (χ2n) is 5.59. The molecular formula is C16H29Cl2N3O. The number of hydrogen-bond donors (Lipinski definition) is 2. The van der Waals surface area contributed by atoms with Crippen LogP contribution >= 0.6 is 24.8 Å². The monoisotopic (exact) mass is 349 g/mol. The second-order valence-corrected chi connectivity index (χ2v) is 5.59. The number of carbonyl (C=O) groups is 1. The van der Waals surface area contributed by atoms with Gasteiger partial charge in [0.1, 0.15) is 0 Å². The summed E-state index contributed by atoms with van der Waals surface area (Å²) < 4.78 is 0. The first-order valence-electron chi connectivity index (χ1n) is 7.11. The van der Waals surface area contributed by atoms with E-state index in [1.807, 2.05) is 28.1 Å². The number of benzene rings is 1. The highest BCUT2D eigenvalue weighted by Gasteiger charge is 2.17. The summed E-state index contributed by atoms with van der Waals surface area (Å²) in [5.74, 6) is 0.0825. The summed E-state index contributed by atoms with van der Waals surface area (Å²) in [7, 11) is 5.93. The molecule has 128 valence electrons. The predicted molar refractivity (Wildman–Crippen MR) is 98.2 cm³/mol. The third-order valence-electron chi connectivity index (χ3n) is 3.51. The lowest BCUT2D eigenvalue weighted by Crippen LogP contribution is -2.39. The minimum atomic E-state index is -0.0131. The van der Waals surface area contributed by atoms with Crippen molar-refractivity contribution in [2.75, 3.05) is 34.2 Å². The number of nitrogens with zero attached hydrogens (tertiary/aromatic N) is 1. The molecule has 0 spiro atoms. The molecule has 2 unspecified atom stereocenters. The zero-order chi connectivity index (χ0) is 15.1. The Hall–Kier alpha value is -0.810. The van der Waals surface area contributed by atoms with Gasteiger partial charge < -0.3 is 15.5 Å². The highest BCUT2D eigenvalue weighted by atomic mass is 35.5. The summed E-state index contributed by atoms with van der Waals surface area (Å²) in [4.78, 5) is 14.1.